The molecule has 1 aliphatic heterocycles. The number of hydrogen-bond acceptors (Lipinski definition) is 4. The molecule has 0 aromatic heterocycles. The Morgan fingerprint density at radius 3 is 2.89 bits per heavy atom. The molecule has 0 radical (unpaired) electrons. The van der Waals surface area contributed by atoms with Gasteiger partial charge in [0.25, 0.3) is 0 Å². The molecule has 1 heterocycles. The van der Waals surface area contributed by atoms with Crippen LogP contribution in [0.25, 0.3) is 0 Å². The van der Waals surface area contributed by atoms with Crippen LogP contribution in [0.4, 0.5) is 5.69 Å². The van der Waals surface area contributed by atoms with Gasteiger partial charge in [0.2, 0.25) is 0 Å². The van der Waals surface area contributed by atoms with Gasteiger partial charge in [-0.05, 0) is 31.9 Å². The first-order valence-electron chi connectivity index (χ1n) is 6.12. The number of benzene rings is 1. The van der Waals surface area contributed by atoms with Crippen LogP contribution < -0.4 is 9.64 Å². The van der Waals surface area contributed by atoms with Gasteiger partial charge in [-0.3, -0.25) is 0 Å². The molecular formula is C14H16N2O3. The van der Waals surface area contributed by atoms with Crippen LogP contribution in [-0.2, 0) is 4.79 Å². The highest BCUT2D eigenvalue weighted by atomic mass is 16.5. The Bertz CT molecular complexity index is 550. The van der Waals surface area contributed by atoms with Crippen molar-refractivity contribution in [2.24, 2.45) is 0 Å². The molecule has 5 heteroatoms. The quantitative estimate of drug-likeness (QED) is 0.899. The zero-order chi connectivity index (χ0) is 14.0. The zero-order valence-electron chi connectivity index (χ0n) is 11.0. The van der Waals surface area contributed by atoms with E-state index in [-0.39, 0.29) is 0 Å². The molecule has 1 aliphatic rings. The van der Waals surface area contributed by atoms with Crippen LogP contribution in [0.2, 0.25) is 0 Å². The van der Waals surface area contributed by atoms with Crippen LogP contribution in [0.1, 0.15) is 25.3 Å². The Labute approximate surface area is 112 Å². The van der Waals surface area contributed by atoms with E-state index in [0.717, 1.165) is 6.42 Å². The van der Waals surface area contributed by atoms with Crippen molar-refractivity contribution in [3.63, 3.8) is 0 Å². The van der Waals surface area contributed by atoms with Crippen LogP contribution in [0.15, 0.2) is 18.2 Å². The third-order valence-electron chi connectivity index (χ3n) is 3.72. The lowest BCUT2D eigenvalue weighted by atomic mass is 9.98. The fourth-order valence-corrected chi connectivity index (χ4v) is 2.53. The number of nitrogens with zero attached hydrogens (tertiary/aromatic N) is 2. The number of methoxy groups -OCH3 is 1. The number of nitriles is 1. The molecule has 0 aliphatic carbocycles. The van der Waals surface area contributed by atoms with E-state index < -0.39 is 11.5 Å². The summed E-state index contributed by atoms with van der Waals surface area (Å²) in [7, 11) is 1.55. The number of carboxylic acid groups (broad SMARTS) is 1. The van der Waals surface area contributed by atoms with E-state index in [1.54, 1.807) is 37.1 Å². The molecule has 5 nitrogen and oxygen atoms in total. The number of hydrogen-bond donors (Lipinski definition) is 1. The van der Waals surface area contributed by atoms with Crippen molar-refractivity contribution in [3.8, 4) is 11.8 Å². The highest BCUT2D eigenvalue weighted by molar-refractivity contribution is 5.85. The minimum Gasteiger partial charge on any atom is -0.497 e. The second-order valence-corrected chi connectivity index (χ2v) is 4.83. The normalized spacial score (nSPS) is 22.1. The van der Waals surface area contributed by atoms with Crippen molar-refractivity contribution < 1.29 is 14.6 Å². The predicted molar refractivity (Wildman–Crippen MR) is 70.3 cm³/mol. The minimum absolute atomic E-state index is 0.468. The second kappa shape index (κ2) is 4.81. The van der Waals surface area contributed by atoms with Crippen molar-refractivity contribution in [2.45, 2.75) is 25.3 Å². The Morgan fingerprint density at radius 1 is 1.58 bits per heavy atom. The van der Waals surface area contributed by atoms with Gasteiger partial charge in [0, 0.05) is 12.6 Å². The maximum absolute atomic E-state index is 11.5. The molecule has 100 valence electrons. The summed E-state index contributed by atoms with van der Waals surface area (Å²) in [6, 6.07) is 7.20. The third-order valence-corrected chi connectivity index (χ3v) is 3.72. The number of ether oxygens (including phenoxy) is 1. The van der Waals surface area contributed by atoms with E-state index in [2.05, 4.69) is 6.07 Å². The molecule has 0 bridgehead atoms. The molecule has 1 fully saturated rings. The molecule has 0 spiro atoms. The van der Waals surface area contributed by atoms with Crippen LogP contribution in [0, 0.1) is 11.3 Å². The molecule has 1 N–H and O–H groups in total. The van der Waals surface area contributed by atoms with E-state index in [0.29, 0.717) is 30.0 Å². The number of carbonyl (C=O) groups is 1. The largest absolute Gasteiger partial charge is 0.497 e. The zero-order valence-corrected chi connectivity index (χ0v) is 11.0. The average molecular weight is 260 g/mol. The lowest BCUT2D eigenvalue weighted by molar-refractivity contribution is -0.142. The lowest BCUT2D eigenvalue weighted by Gasteiger charge is -2.33. The number of aliphatic carboxylic acids is 1. The number of carboxylic acids is 1. The van der Waals surface area contributed by atoms with Gasteiger partial charge >= 0.3 is 5.97 Å². The summed E-state index contributed by atoms with van der Waals surface area (Å²) in [6.07, 6.45) is 1.37. The minimum atomic E-state index is -0.960. The van der Waals surface area contributed by atoms with E-state index in [9.17, 15) is 15.2 Å². The Balaban J connectivity index is 2.51. The van der Waals surface area contributed by atoms with Gasteiger partial charge in [0.15, 0.2) is 0 Å². The molecule has 1 unspecified atom stereocenters. The van der Waals surface area contributed by atoms with Crippen molar-refractivity contribution in [1.29, 1.82) is 5.26 Å². The van der Waals surface area contributed by atoms with E-state index in [1.165, 1.54) is 0 Å². The Kier molecular flexibility index (Phi) is 3.34. The van der Waals surface area contributed by atoms with Gasteiger partial charge < -0.3 is 14.7 Å². The molecule has 0 amide bonds. The Morgan fingerprint density at radius 2 is 2.32 bits per heavy atom. The monoisotopic (exact) mass is 260 g/mol. The van der Waals surface area contributed by atoms with E-state index in [4.69, 9.17) is 4.74 Å². The van der Waals surface area contributed by atoms with Crippen LogP contribution in [0.5, 0.6) is 5.75 Å². The standard InChI is InChI=1S/C14H16N2O3/c1-14(13(17)18)6-3-7-16(14)12-8-11(19-2)5-4-10(12)9-15/h4-5,8H,3,6-7H2,1-2H3,(H,17,18). The predicted octanol–water partition coefficient (Wildman–Crippen LogP) is 2.01. The van der Waals surface area contributed by atoms with Crippen LogP contribution in [-0.4, -0.2) is 30.3 Å². The average Bonchev–Trinajstić information content (AvgIpc) is 2.81. The summed E-state index contributed by atoms with van der Waals surface area (Å²) in [5.41, 5.74) is 0.136. The first-order chi connectivity index (χ1) is 9.02. The molecule has 1 aromatic rings. The molecule has 19 heavy (non-hydrogen) atoms. The molecule has 0 saturated carbocycles. The number of anilines is 1. The molecular weight excluding hydrogens is 244 g/mol. The molecule has 1 saturated heterocycles. The highest BCUT2D eigenvalue weighted by Crippen LogP contribution is 2.37. The summed E-state index contributed by atoms with van der Waals surface area (Å²) >= 11 is 0. The first kappa shape index (κ1) is 13.2. The molecule has 2 rings (SSSR count). The van der Waals surface area contributed by atoms with Gasteiger partial charge in [0.1, 0.15) is 17.4 Å². The second-order valence-electron chi connectivity index (χ2n) is 4.83. The lowest BCUT2D eigenvalue weighted by Crippen LogP contribution is -2.48. The fourth-order valence-electron chi connectivity index (χ4n) is 2.53. The summed E-state index contributed by atoms with van der Waals surface area (Å²) < 4.78 is 5.16. The van der Waals surface area contributed by atoms with Gasteiger partial charge in [0.05, 0.1) is 18.4 Å². The number of rotatable bonds is 3. The van der Waals surface area contributed by atoms with Gasteiger partial charge in [-0.2, -0.15) is 5.26 Å². The van der Waals surface area contributed by atoms with Crippen molar-refractivity contribution in [3.05, 3.63) is 23.8 Å². The summed E-state index contributed by atoms with van der Waals surface area (Å²) in [6.45, 7) is 2.33. The van der Waals surface area contributed by atoms with Gasteiger partial charge in [-0.15, -0.1) is 0 Å². The maximum atomic E-state index is 11.5. The Hall–Kier alpha value is -2.22. The topological polar surface area (TPSA) is 73.6 Å². The summed E-state index contributed by atoms with van der Waals surface area (Å²) in [5, 5.41) is 18.6. The summed E-state index contributed by atoms with van der Waals surface area (Å²) in [4.78, 5) is 13.3. The van der Waals surface area contributed by atoms with E-state index in [1.807, 2.05) is 0 Å². The van der Waals surface area contributed by atoms with Crippen molar-refractivity contribution >= 4 is 11.7 Å². The van der Waals surface area contributed by atoms with E-state index >= 15 is 0 Å². The van der Waals surface area contributed by atoms with Crippen LogP contribution >= 0.6 is 0 Å². The SMILES string of the molecule is COc1ccc(C#N)c(N2CCCC2(C)C(=O)O)c1. The van der Waals surface area contributed by atoms with Crippen molar-refractivity contribution in [1.82, 2.24) is 0 Å². The smallest absolute Gasteiger partial charge is 0.329 e. The maximum Gasteiger partial charge on any atom is 0.329 e. The molecule has 1 aromatic carbocycles. The molecule has 1 atom stereocenters. The highest BCUT2D eigenvalue weighted by Gasteiger charge is 2.44. The third kappa shape index (κ3) is 2.10. The fraction of sp³-hybridized carbons (Fsp3) is 0.429. The van der Waals surface area contributed by atoms with Crippen LogP contribution in [0.3, 0.4) is 0 Å². The van der Waals surface area contributed by atoms with Gasteiger partial charge in [-0.1, -0.05) is 0 Å². The van der Waals surface area contributed by atoms with Gasteiger partial charge in [-0.25, -0.2) is 4.79 Å². The summed E-state index contributed by atoms with van der Waals surface area (Å²) in [5.74, 6) is -0.245. The first-order valence-corrected chi connectivity index (χ1v) is 6.12. The van der Waals surface area contributed by atoms with Crippen molar-refractivity contribution in [2.75, 3.05) is 18.6 Å².